The molecule has 1 aliphatic rings. The third-order valence-corrected chi connectivity index (χ3v) is 6.41. The molecule has 3 nitrogen and oxygen atoms in total. The molecule has 1 fully saturated rings. The van der Waals surface area contributed by atoms with E-state index in [-0.39, 0.29) is 0 Å². The van der Waals surface area contributed by atoms with Crippen LogP contribution in [0.15, 0.2) is 47.4 Å². The molecule has 0 radical (unpaired) electrons. The van der Waals surface area contributed by atoms with Gasteiger partial charge in [0.25, 0.3) is 0 Å². The third-order valence-electron chi connectivity index (χ3n) is 4.41. The van der Waals surface area contributed by atoms with Crippen molar-refractivity contribution >= 4 is 20.8 Å². The second-order valence-corrected chi connectivity index (χ2v) is 7.64. The molecule has 0 N–H and O–H groups in total. The number of rotatable bonds is 5. The Bertz CT molecular complexity index is 730. The van der Waals surface area contributed by atoms with Gasteiger partial charge in [-0.1, -0.05) is 49.7 Å². The molecular formula is C17H21NO2S. The Morgan fingerprint density at radius 2 is 1.81 bits per heavy atom. The van der Waals surface area contributed by atoms with Gasteiger partial charge in [0.2, 0.25) is 10.0 Å². The number of benzene rings is 2. The smallest absolute Gasteiger partial charge is 0.207 e. The summed E-state index contributed by atoms with van der Waals surface area (Å²) in [4.78, 5) is 0.432. The Kier molecular flexibility index (Phi) is 4.00. The average Bonchev–Trinajstić information content (AvgIpc) is 2.45. The molecule has 3 rings (SSSR count). The third kappa shape index (κ3) is 2.70. The topological polar surface area (TPSA) is 37.4 Å². The fraction of sp³-hybridized carbons (Fsp3) is 0.412. The summed E-state index contributed by atoms with van der Waals surface area (Å²) in [5.41, 5.74) is 0. The Morgan fingerprint density at radius 3 is 2.48 bits per heavy atom. The van der Waals surface area contributed by atoms with Gasteiger partial charge in [0.1, 0.15) is 0 Å². The fourth-order valence-corrected chi connectivity index (χ4v) is 4.66. The maximum absolute atomic E-state index is 13.0. The highest BCUT2D eigenvalue weighted by Crippen LogP contribution is 2.31. The summed E-state index contributed by atoms with van der Waals surface area (Å²) in [5, 5.41) is 1.78. The van der Waals surface area contributed by atoms with Gasteiger partial charge in [0.15, 0.2) is 0 Å². The quantitative estimate of drug-likeness (QED) is 0.845. The van der Waals surface area contributed by atoms with Crippen molar-refractivity contribution < 1.29 is 8.42 Å². The van der Waals surface area contributed by atoms with Crippen molar-refractivity contribution in [2.75, 3.05) is 13.1 Å². The minimum absolute atomic E-state index is 0.432. The summed E-state index contributed by atoms with van der Waals surface area (Å²) in [6, 6.07) is 13.2. The monoisotopic (exact) mass is 303 g/mol. The minimum Gasteiger partial charge on any atom is -0.207 e. The van der Waals surface area contributed by atoms with E-state index in [0.29, 0.717) is 23.9 Å². The van der Waals surface area contributed by atoms with Crippen LogP contribution < -0.4 is 0 Å². The van der Waals surface area contributed by atoms with E-state index in [1.54, 1.807) is 10.4 Å². The van der Waals surface area contributed by atoms with Crippen LogP contribution in [0.1, 0.15) is 26.2 Å². The van der Waals surface area contributed by atoms with E-state index in [9.17, 15) is 8.42 Å². The lowest BCUT2D eigenvalue weighted by atomic mass is 9.85. The van der Waals surface area contributed by atoms with Crippen LogP contribution in [-0.2, 0) is 10.0 Å². The molecule has 0 saturated heterocycles. The molecule has 0 atom stereocenters. The van der Waals surface area contributed by atoms with Gasteiger partial charge in [0, 0.05) is 18.5 Å². The standard InChI is InChI=1S/C17H21NO2S/c1-2-18(13-14-7-5-8-14)21(19,20)17-12-6-10-15-9-3-4-11-16(15)17/h3-4,6,9-12,14H,2,5,7-8,13H2,1H3. The number of hydrogen-bond donors (Lipinski definition) is 0. The molecule has 112 valence electrons. The van der Waals surface area contributed by atoms with E-state index in [1.165, 1.54) is 6.42 Å². The van der Waals surface area contributed by atoms with Gasteiger partial charge in [-0.25, -0.2) is 8.42 Å². The largest absolute Gasteiger partial charge is 0.243 e. The zero-order valence-electron chi connectivity index (χ0n) is 12.3. The summed E-state index contributed by atoms with van der Waals surface area (Å²) in [7, 11) is -3.42. The van der Waals surface area contributed by atoms with Crippen LogP contribution in [-0.4, -0.2) is 25.8 Å². The van der Waals surface area contributed by atoms with Gasteiger partial charge < -0.3 is 0 Å². The SMILES string of the molecule is CCN(CC1CCC1)S(=O)(=O)c1cccc2ccccc12. The zero-order chi connectivity index (χ0) is 14.9. The van der Waals surface area contributed by atoms with Crippen molar-refractivity contribution in [3.63, 3.8) is 0 Å². The first-order valence-electron chi connectivity index (χ1n) is 7.61. The molecule has 0 heterocycles. The van der Waals surface area contributed by atoms with Crippen molar-refractivity contribution in [1.82, 2.24) is 4.31 Å². The normalized spacial score (nSPS) is 16.3. The average molecular weight is 303 g/mol. The maximum atomic E-state index is 13.0. The zero-order valence-corrected chi connectivity index (χ0v) is 13.1. The van der Waals surface area contributed by atoms with Crippen molar-refractivity contribution in [1.29, 1.82) is 0 Å². The van der Waals surface area contributed by atoms with E-state index in [2.05, 4.69) is 0 Å². The number of nitrogens with zero attached hydrogens (tertiary/aromatic N) is 1. The molecule has 2 aromatic carbocycles. The lowest BCUT2D eigenvalue weighted by molar-refractivity contribution is 0.250. The van der Waals surface area contributed by atoms with E-state index in [1.807, 2.05) is 43.3 Å². The number of hydrogen-bond acceptors (Lipinski definition) is 2. The van der Waals surface area contributed by atoms with Crippen LogP contribution in [0.25, 0.3) is 10.8 Å². The maximum Gasteiger partial charge on any atom is 0.243 e. The molecule has 0 bridgehead atoms. The molecule has 0 amide bonds. The Hall–Kier alpha value is -1.39. The number of fused-ring (bicyclic) bond motifs is 1. The van der Waals surface area contributed by atoms with Crippen LogP contribution in [0.3, 0.4) is 0 Å². The molecule has 0 spiro atoms. The predicted octanol–water partition coefficient (Wildman–Crippen LogP) is 3.65. The molecule has 0 aliphatic heterocycles. The Balaban J connectivity index is 2.02. The molecule has 0 aromatic heterocycles. The predicted molar refractivity (Wildman–Crippen MR) is 85.7 cm³/mol. The van der Waals surface area contributed by atoms with Crippen LogP contribution >= 0.6 is 0 Å². The second kappa shape index (κ2) is 5.78. The summed E-state index contributed by atoms with van der Waals surface area (Å²) in [6.07, 6.45) is 3.54. The van der Waals surface area contributed by atoms with Gasteiger partial charge in [-0.2, -0.15) is 4.31 Å². The lowest BCUT2D eigenvalue weighted by Crippen LogP contribution is -2.37. The summed E-state index contributed by atoms with van der Waals surface area (Å²) in [5.74, 6) is 0.537. The van der Waals surface area contributed by atoms with Crippen LogP contribution in [0.2, 0.25) is 0 Å². The van der Waals surface area contributed by atoms with E-state index in [0.717, 1.165) is 23.6 Å². The van der Waals surface area contributed by atoms with Gasteiger partial charge >= 0.3 is 0 Å². The van der Waals surface area contributed by atoms with Crippen molar-refractivity contribution in [3.05, 3.63) is 42.5 Å². The second-order valence-electron chi connectivity index (χ2n) is 5.73. The summed E-state index contributed by atoms with van der Waals surface area (Å²) < 4.78 is 27.6. The highest BCUT2D eigenvalue weighted by molar-refractivity contribution is 7.89. The van der Waals surface area contributed by atoms with Crippen LogP contribution in [0, 0.1) is 5.92 Å². The molecule has 21 heavy (non-hydrogen) atoms. The van der Waals surface area contributed by atoms with Crippen molar-refractivity contribution in [2.45, 2.75) is 31.1 Å². The van der Waals surface area contributed by atoms with Crippen molar-refractivity contribution in [3.8, 4) is 0 Å². The minimum atomic E-state index is -3.42. The molecule has 2 aromatic rings. The fourth-order valence-electron chi connectivity index (χ4n) is 2.92. The van der Waals surface area contributed by atoms with Crippen molar-refractivity contribution in [2.24, 2.45) is 5.92 Å². The van der Waals surface area contributed by atoms with Crippen LogP contribution in [0.5, 0.6) is 0 Å². The van der Waals surface area contributed by atoms with E-state index < -0.39 is 10.0 Å². The Morgan fingerprint density at radius 1 is 1.10 bits per heavy atom. The lowest BCUT2D eigenvalue weighted by Gasteiger charge is -2.31. The van der Waals surface area contributed by atoms with E-state index >= 15 is 0 Å². The Labute approximate surface area is 126 Å². The van der Waals surface area contributed by atoms with Gasteiger partial charge in [-0.15, -0.1) is 0 Å². The highest BCUT2D eigenvalue weighted by atomic mass is 32.2. The first-order valence-corrected chi connectivity index (χ1v) is 9.05. The number of sulfonamides is 1. The van der Waals surface area contributed by atoms with Gasteiger partial charge in [0.05, 0.1) is 4.90 Å². The summed E-state index contributed by atoms with van der Waals surface area (Å²) in [6.45, 7) is 3.10. The summed E-state index contributed by atoms with van der Waals surface area (Å²) >= 11 is 0. The molecule has 0 unspecified atom stereocenters. The molecular weight excluding hydrogens is 282 g/mol. The van der Waals surface area contributed by atoms with E-state index in [4.69, 9.17) is 0 Å². The van der Waals surface area contributed by atoms with Gasteiger partial charge in [-0.3, -0.25) is 0 Å². The molecule has 1 aliphatic carbocycles. The molecule has 1 saturated carbocycles. The first kappa shape index (κ1) is 14.5. The van der Waals surface area contributed by atoms with Gasteiger partial charge in [-0.05, 0) is 30.2 Å². The highest BCUT2D eigenvalue weighted by Gasteiger charge is 2.29. The first-order chi connectivity index (χ1) is 10.1. The molecule has 4 heteroatoms. The van der Waals surface area contributed by atoms with Crippen LogP contribution in [0.4, 0.5) is 0 Å².